The Labute approximate surface area is 171 Å². The van der Waals surface area contributed by atoms with Crippen molar-refractivity contribution in [2.75, 3.05) is 6.73 Å². The molecular weight excluding hydrogens is 376 g/mol. The van der Waals surface area contributed by atoms with Crippen LogP contribution in [0.4, 0.5) is 0 Å². The minimum absolute atomic E-state index is 0.0467. The average Bonchev–Trinajstić information content (AvgIpc) is 2.59. The van der Waals surface area contributed by atoms with E-state index in [2.05, 4.69) is 37.9 Å². The topological polar surface area (TPSA) is 54.7 Å². The highest BCUT2D eigenvalue weighted by Gasteiger charge is 2.41. The highest BCUT2D eigenvalue weighted by atomic mass is 35.5. The zero-order valence-electron chi connectivity index (χ0n) is 17.3. The molecule has 152 valence electrons. The Hall–Kier alpha value is -1.56. The van der Waals surface area contributed by atoms with Crippen molar-refractivity contribution in [3.63, 3.8) is 0 Å². The maximum absolute atomic E-state index is 12.1. The summed E-state index contributed by atoms with van der Waals surface area (Å²) in [5.41, 5.74) is 2.22. The fraction of sp³-hybridized carbons (Fsp3) is 0.591. The first kappa shape index (κ1) is 19.7. The van der Waals surface area contributed by atoms with E-state index in [-0.39, 0.29) is 16.7 Å². The summed E-state index contributed by atoms with van der Waals surface area (Å²) in [6.07, 6.45) is 2.80. The predicted octanol–water partition coefficient (Wildman–Crippen LogP) is 4.47. The summed E-state index contributed by atoms with van der Waals surface area (Å²) in [7, 11) is 0. The van der Waals surface area contributed by atoms with E-state index < -0.39 is 0 Å². The van der Waals surface area contributed by atoms with Crippen LogP contribution < -0.4 is 15.7 Å². The molecule has 0 saturated carbocycles. The number of nitrogens with one attached hydrogen (secondary N) is 1. The number of hydrogen-bond donors (Lipinski definition) is 1. The second kappa shape index (κ2) is 6.75. The van der Waals surface area contributed by atoms with Gasteiger partial charge >= 0.3 is 5.63 Å². The summed E-state index contributed by atoms with van der Waals surface area (Å²) in [5, 5.41) is 5.22. The van der Waals surface area contributed by atoms with Crippen molar-refractivity contribution in [2.45, 2.75) is 77.5 Å². The van der Waals surface area contributed by atoms with Gasteiger partial charge in [0.25, 0.3) is 0 Å². The molecule has 3 heterocycles. The van der Waals surface area contributed by atoms with E-state index in [1.165, 1.54) is 0 Å². The number of piperidine rings is 1. The number of fused-ring (bicyclic) bond motifs is 3. The lowest BCUT2D eigenvalue weighted by Gasteiger charge is -2.50. The Kier molecular flexibility index (Phi) is 4.76. The minimum Gasteiger partial charge on any atom is -0.476 e. The van der Waals surface area contributed by atoms with Crippen LogP contribution in [-0.4, -0.2) is 28.8 Å². The van der Waals surface area contributed by atoms with Gasteiger partial charge in [0.2, 0.25) is 0 Å². The Balaban J connectivity index is 1.76. The standard InChI is InChI=1S/C22H29ClN2O3/c1-6-13-7-18(26)28-19-15(13)8-17(23)20-16(19)11-25(12-27-20)14-9-21(2,3)24-22(4,5)10-14/h7-8,14,24H,6,9-12H2,1-5H3. The molecular formula is C22H29ClN2O3. The summed E-state index contributed by atoms with van der Waals surface area (Å²) in [5.74, 6) is 0.647. The van der Waals surface area contributed by atoms with Crippen LogP contribution in [0.15, 0.2) is 21.3 Å². The van der Waals surface area contributed by atoms with Crippen LogP contribution in [0.5, 0.6) is 5.75 Å². The predicted molar refractivity (Wildman–Crippen MR) is 112 cm³/mol. The fourth-order valence-electron chi connectivity index (χ4n) is 5.12. The molecule has 1 saturated heterocycles. The van der Waals surface area contributed by atoms with Gasteiger partial charge in [-0.15, -0.1) is 0 Å². The van der Waals surface area contributed by atoms with Crippen molar-refractivity contribution < 1.29 is 9.15 Å². The van der Waals surface area contributed by atoms with E-state index in [0.29, 0.717) is 35.7 Å². The molecule has 2 aliphatic heterocycles. The normalized spacial score (nSPS) is 22.1. The van der Waals surface area contributed by atoms with E-state index >= 15 is 0 Å². The number of rotatable bonds is 2. The van der Waals surface area contributed by atoms with E-state index in [0.717, 1.165) is 35.8 Å². The molecule has 1 fully saturated rings. The lowest BCUT2D eigenvalue weighted by atomic mass is 9.79. The maximum atomic E-state index is 12.1. The van der Waals surface area contributed by atoms with Gasteiger partial charge in [0, 0.05) is 35.1 Å². The SMILES string of the molecule is CCc1cc(=O)oc2c3c(c(Cl)cc12)OCN(C1CC(C)(C)NC(C)(C)C1)C3. The molecule has 0 amide bonds. The Morgan fingerprint density at radius 3 is 2.54 bits per heavy atom. The van der Waals surface area contributed by atoms with Crippen LogP contribution in [0.1, 0.15) is 58.6 Å². The first-order valence-corrected chi connectivity index (χ1v) is 10.4. The molecule has 5 nitrogen and oxygen atoms in total. The van der Waals surface area contributed by atoms with Crippen LogP contribution in [0, 0.1) is 0 Å². The van der Waals surface area contributed by atoms with Crippen LogP contribution in [0.25, 0.3) is 11.0 Å². The first-order chi connectivity index (χ1) is 13.1. The molecule has 1 aromatic heterocycles. The van der Waals surface area contributed by atoms with Gasteiger partial charge in [0.1, 0.15) is 18.1 Å². The Bertz CT molecular complexity index is 964. The lowest BCUT2D eigenvalue weighted by Crippen LogP contribution is -2.62. The van der Waals surface area contributed by atoms with Gasteiger partial charge in [0.05, 0.1) is 10.6 Å². The second-order valence-corrected chi connectivity index (χ2v) is 9.87. The molecule has 6 heteroatoms. The van der Waals surface area contributed by atoms with E-state index in [1.54, 1.807) is 6.07 Å². The van der Waals surface area contributed by atoms with Crippen molar-refractivity contribution in [3.8, 4) is 5.75 Å². The van der Waals surface area contributed by atoms with Crippen molar-refractivity contribution in [1.82, 2.24) is 10.2 Å². The van der Waals surface area contributed by atoms with Gasteiger partial charge in [-0.2, -0.15) is 0 Å². The zero-order valence-corrected chi connectivity index (χ0v) is 18.1. The summed E-state index contributed by atoms with van der Waals surface area (Å²) < 4.78 is 11.7. The van der Waals surface area contributed by atoms with E-state index in [9.17, 15) is 4.79 Å². The minimum atomic E-state index is -0.324. The summed E-state index contributed by atoms with van der Waals surface area (Å²) >= 11 is 6.54. The van der Waals surface area contributed by atoms with Crippen LogP contribution in [-0.2, 0) is 13.0 Å². The van der Waals surface area contributed by atoms with Crippen molar-refractivity contribution in [2.24, 2.45) is 0 Å². The van der Waals surface area contributed by atoms with Crippen molar-refractivity contribution >= 4 is 22.6 Å². The molecule has 1 N–H and O–H groups in total. The van der Waals surface area contributed by atoms with Crippen LogP contribution in [0.2, 0.25) is 5.02 Å². The molecule has 0 atom stereocenters. The molecule has 2 aromatic rings. The molecule has 4 rings (SSSR count). The fourth-order valence-corrected chi connectivity index (χ4v) is 5.40. The van der Waals surface area contributed by atoms with Crippen molar-refractivity contribution in [1.29, 1.82) is 0 Å². The third-order valence-corrected chi connectivity index (χ3v) is 6.20. The highest BCUT2D eigenvalue weighted by molar-refractivity contribution is 6.33. The van der Waals surface area contributed by atoms with Gasteiger partial charge in [-0.05, 0) is 58.6 Å². The molecule has 0 spiro atoms. The average molecular weight is 405 g/mol. The number of nitrogens with zero attached hydrogens (tertiary/aromatic N) is 1. The molecule has 0 radical (unpaired) electrons. The summed E-state index contributed by atoms with van der Waals surface area (Å²) in [6.45, 7) is 12.2. The number of ether oxygens (including phenoxy) is 1. The summed E-state index contributed by atoms with van der Waals surface area (Å²) in [4.78, 5) is 14.5. The number of benzene rings is 1. The maximum Gasteiger partial charge on any atom is 0.336 e. The summed E-state index contributed by atoms with van der Waals surface area (Å²) in [6, 6.07) is 3.79. The molecule has 0 bridgehead atoms. The van der Waals surface area contributed by atoms with E-state index in [1.807, 2.05) is 13.0 Å². The molecule has 1 aromatic carbocycles. The van der Waals surface area contributed by atoms with Gasteiger partial charge < -0.3 is 14.5 Å². The van der Waals surface area contributed by atoms with Crippen LogP contribution in [0.3, 0.4) is 0 Å². The number of halogens is 1. The smallest absolute Gasteiger partial charge is 0.336 e. The third-order valence-electron chi connectivity index (χ3n) is 5.92. The number of hydrogen-bond acceptors (Lipinski definition) is 5. The molecule has 2 aliphatic rings. The monoisotopic (exact) mass is 404 g/mol. The van der Waals surface area contributed by atoms with E-state index in [4.69, 9.17) is 20.8 Å². The largest absolute Gasteiger partial charge is 0.476 e. The third kappa shape index (κ3) is 3.56. The Morgan fingerprint density at radius 1 is 1.21 bits per heavy atom. The molecule has 0 aliphatic carbocycles. The zero-order chi connectivity index (χ0) is 20.3. The molecule has 0 unspecified atom stereocenters. The first-order valence-electron chi connectivity index (χ1n) is 10.0. The van der Waals surface area contributed by atoms with Gasteiger partial charge in [-0.1, -0.05) is 18.5 Å². The lowest BCUT2D eigenvalue weighted by molar-refractivity contribution is 0.00320. The quantitative estimate of drug-likeness (QED) is 0.748. The highest BCUT2D eigenvalue weighted by Crippen LogP contribution is 2.41. The van der Waals surface area contributed by atoms with Gasteiger partial charge in [0.15, 0.2) is 0 Å². The van der Waals surface area contributed by atoms with Gasteiger partial charge in [-0.25, -0.2) is 4.79 Å². The Morgan fingerprint density at radius 2 is 1.89 bits per heavy atom. The number of aryl methyl sites for hydroxylation is 1. The molecule has 28 heavy (non-hydrogen) atoms. The van der Waals surface area contributed by atoms with Crippen molar-refractivity contribution in [3.05, 3.63) is 38.7 Å². The second-order valence-electron chi connectivity index (χ2n) is 9.46. The van der Waals surface area contributed by atoms with Gasteiger partial charge in [-0.3, -0.25) is 4.90 Å². The van der Waals surface area contributed by atoms with Crippen LogP contribution >= 0.6 is 11.6 Å².